The highest BCUT2D eigenvalue weighted by Gasteiger charge is 2.38. The maximum Gasteiger partial charge on any atom is 0.267 e. The SMILES string of the molecule is Cc1ccc(/C=C2\SC(=Nc3ccccc3F)N(C3CCCCC3)C2=O)cc1. The summed E-state index contributed by atoms with van der Waals surface area (Å²) in [7, 11) is 0. The molecule has 2 aromatic carbocycles. The summed E-state index contributed by atoms with van der Waals surface area (Å²) in [6.45, 7) is 2.04. The van der Waals surface area contributed by atoms with E-state index in [4.69, 9.17) is 0 Å². The largest absolute Gasteiger partial charge is 0.283 e. The van der Waals surface area contributed by atoms with E-state index in [2.05, 4.69) is 4.99 Å². The lowest BCUT2D eigenvalue weighted by Crippen LogP contribution is -2.40. The minimum Gasteiger partial charge on any atom is -0.283 e. The molecule has 1 aliphatic heterocycles. The van der Waals surface area contributed by atoms with Crippen LogP contribution in [0, 0.1) is 12.7 Å². The smallest absolute Gasteiger partial charge is 0.267 e. The van der Waals surface area contributed by atoms with Gasteiger partial charge in [0.25, 0.3) is 5.91 Å². The van der Waals surface area contributed by atoms with E-state index in [1.807, 2.05) is 37.3 Å². The number of aryl methyl sites for hydroxylation is 1. The van der Waals surface area contributed by atoms with Crippen molar-refractivity contribution in [3.8, 4) is 0 Å². The minimum absolute atomic E-state index is 0.0208. The summed E-state index contributed by atoms with van der Waals surface area (Å²) in [6.07, 6.45) is 7.29. The predicted octanol–water partition coefficient (Wildman–Crippen LogP) is 6.07. The Kier molecular flexibility index (Phi) is 5.62. The Morgan fingerprint density at radius 2 is 1.79 bits per heavy atom. The zero-order valence-corrected chi connectivity index (χ0v) is 16.7. The second kappa shape index (κ2) is 8.31. The number of halogens is 1. The lowest BCUT2D eigenvalue weighted by atomic mass is 9.94. The van der Waals surface area contributed by atoms with E-state index in [0.717, 1.165) is 31.2 Å². The van der Waals surface area contributed by atoms with Crippen molar-refractivity contribution in [3.63, 3.8) is 0 Å². The van der Waals surface area contributed by atoms with Crippen molar-refractivity contribution in [2.45, 2.75) is 45.1 Å². The first-order valence-corrected chi connectivity index (χ1v) is 10.6. The van der Waals surface area contributed by atoms with Crippen LogP contribution in [0.5, 0.6) is 0 Å². The van der Waals surface area contributed by atoms with E-state index in [0.29, 0.717) is 10.1 Å². The van der Waals surface area contributed by atoms with Gasteiger partial charge in [0.15, 0.2) is 5.17 Å². The number of amidine groups is 1. The second-order valence-corrected chi connectivity index (χ2v) is 8.34. The van der Waals surface area contributed by atoms with Gasteiger partial charge in [0.1, 0.15) is 11.5 Å². The molecule has 0 aromatic heterocycles. The molecule has 1 amide bonds. The molecule has 0 N–H and O–H groups in total. The zero-order chi connectivity index (χ0) is 19.5. The van der Waals surface area contributed by atoms with Crippen LogP contribution < -0.4 is 0 Å². The Hall–Kier alpha value is -2.40. The monoisotopic (exact) mass is 394 g/mol. The first kappa shape index (κ1) is 18.9. The van der Waals surface area contributed by atoms with Crippen LogP contribution in [-0.2, 0) is 4.79 Å². The molecule has 2 aliphatic rings. The van der Waals surface area contributed by atoms with E-state index in [1.165, 1.54) is 29.8 Å². The molecule has 0 atom stereocenters. The minimum atomic E-state index is -0.373. The van der Waals surface area contributed by atoms with Gasteiger partial charge in [0.2, 0.25) is 0 Å². The number of hydrogen-bond donors (Lipinski definition) is 0. The van der Waals surface area contributed by atoms with E-state index >= 15 is 0 Å². The fourth-order valence-corrected chi connectivity index (χ4v) is 4.74. The molecule has 0 unspecified atom stereocenters. The summed E-state index contributed by atoms with van der Waals surface area (Å²) >= 11 is 1.34. The number of aliphatic imine (C=N–C) groups is 1. The topological polar surface area (TPSA) is 32.7 Å². The average molecular weight is 395 g/mol. The molecule has 1 saturated carbocycles. The van der Waals surface area contributed by atoms with Gasteiger partial charge in [-0.05, 0) is 55.3 Å². The molecule has 0 bridgehead atoms. The lowest BCUT2D eigenvalue weighted by Gasteiger charge is -2.30. The van der Waals surface area contributed by atoms with Gasteiger partial charge >= 0.3 is 0 Å². The third-order valence-corrected chi connectivity index (χ3v) is 6.20. The number of benzene rings is 2. The fraction of sp³-hybridized carbons (Fsp3) is 0.304. The van der Waals surface area contributed by atoms with Gasteiger partial charge in [0, 0.05) is 6.04 Å². The number of amides is 1. The highest BCUT2D eigenvalue weighted by molar-refractivity contribution is 8.18. The van der Waals surface area contributed by atoms with E-state index < -0.39 is 0 Å². The van der Waals surface area contributed by atoms with Gasteiger partial charge in [0.05, 0.1) is 4.91 Å². The van der Waals surface area contributed by atoms with Gasteiger partial charge in [-0.3, -0.25) is 9.69 Å². The van der Waals surface area contributed by atoms with Gasteiger partial charge in [-0.2, -0.15) is 0 Å². The van der Waals surface area contributed by atoms with Crippen molar-refractivity contribution in [1.82, 2.24) is 4.90 Å². The second-order valence-electron chi connectivity index (χ2n) is 7.33. The van der Waals surface area contributed by atoms with Gasteiger partial charge in [-0.25, -0.2) is 9.38 Å². The molecular formula is C23H23FN2OS. The lowest BCUT2D eigenvalue weighted by molar-refractivity contribution is -0.124. The number of carbonyl (C=O) groups excluding carboxylic acids is 1. The number of nitrogens with zero attached hydrogens (tertiary/aromatic N) is 2. The summed E-state index contributed by atoms with van der Waals surface area (Å²) in [5.74, 6) is -0.393. The van der Waals surface area contributed by atoms with Gasteiger partial charge in [-0.1, -0.05) is 61.2 Å². The summed E-state index contributed by atoms with van der Waals surface area (Å²) in [5, 5.41) is 0.584. The quantitative estimate of drug-likeness (QED) is 0.592. The highest BCUT2D eigenvalue weighted by atomic mass is 32.2. The van der Waals surface area contributed by atoms with Crippen molar-refractivity contribution in [2.75, 3.05) is 0 Å². The van der Waals surface area contributed by atoms with Crippen LogP contribution >= 0.6 is 11.8 Å². The Morgan fingerprint density at radius 1 is 1.07 bits per heavy atom. The third-order valence-electron chi connectivity index (χ3n) is 5.22. The van der Waals surface area contributed by atoms with Crippen molar-refractivity contribution in [2.24, 2.45) is 4.99 Å². The third kappa shape index (κ3) is 4.04. The molecular weight excluding hydrogens is 371 g/mol. The first-order valence-electron chi connectivity index (χ1n) is 9.75. The summed E-state index contributed by atoms with van der Waals surface area (Å²) in [5.41, 5.74) is 2.44. The number of carbonyl (C=O) groups is 1. The fourth-order valence-electron chi connectivity index (χ4n) is 3.69. The zero-order valence-electron chi connectivity index (χ0n) is 15.9. The molecule has 28 heavy (non-hydrogen) atoms. The molecule has 2 aromatic rings. The Morgan fingerprint density at radius 3 is 2.50 bits per heavy atom. The molecule has 5 heteroatoms. The molecule has 144 valence electrons. The summed E-state index contributed by atoms with van der Waals surface area (Å²) in [6, 6.07) is 14.7. The molecule has 3 nitrogen and oxygen atoms in total. The van der Waals surface area contributed by atoms with Crippen LogP contribution in [0.25, 0.3) is 6.08 Å². The molecule has 1 heterocycles. The van der Waals surface area contributed by atoms with E-state index in [-0.39, 0.29) is 23.5 Å². The summed E-state index contributed by atoms with van der Waals surface area (Å²) < 4.78 is 14.2. The van der Waals surface area contributed by atoms with Gasteiger partial charge in [-0.15, -0.1) is 0 Å². The number of thioether (sulfide) groups is 1. The maximum atomic E-state index is 14.2. The number of rotatable bonds is 3. The van der Waals surface area contributed by atoms with Crippen LogP contribution in [0.1, 0.15) is 43.2 Å². The van der Waals surface area contributed by atoms with E-state index in [9.17, 15) is 9.18 Å². The molecule has 4 rings (SSSR count). The van der Waals surface area contributed by atoms with Crippen LogP contribution in [0.15, 0.2) is 58.4 Å². The average Bonchev–Trinajstić information content (AvgIpc) is 3.01. The predicted molar refractivity (Wildman–Crippen MR) is 114 cm³/mol. The van der Waals surface area contributed by atoms with Crippen molar-refractivity contribution >= 4 is 34.6 Å². The normalized spacial score (nSPS) is 21.1. The molecule has 0 radical (unpaired) electrons. The van der Waals surface area contributed by atoms with Crippen molar-refractivity contribution in [1.29, 1.82) is 0 Å². The van der Waals surface area contributed by atoms with E-state index in [1.54, 1.807) is 23.1 Å². The molecule has 0 spiro atoms. The van der Waals surface area contributed by atoms with Crippen molar-refractivity contribution < 1.29 is 9.18 Å². The van der Waals surface area contributed by atoms with Gasteiger partial charge < -0.3 is 0 Å². The Balaban J connectivity index is 1.71. The molecule has 2 fully saturated rings. The molecule has 1 aliphatic carbocycles. The standard InChI is InChI=1S/C23H23FN2OS/c1-16-11-13-17(14-12-16)15-21-22(27)26(18-7-3-2-4-8-18)23(28-21)25-20-10-6-5-9-19(20)24/h5-6,9-15,18H,2-4,7-8H2,1H3/b21-15-,25-23?. The number of hydrogen-bond acceptors (Lipinski definition) is 3. The summed E-state index contributed by atoms with van der Waals surface area (Å²) in [4.78, 5) is 20.2. The first-order chi connectivity index (χ1) is 13.6. The number of para-hydroxylation sites is 1. The Bertz CT molecular complexity index is 930. The highest BCUT2D eigenvalue weighted by Crippen LogP contribution is 2.38. The van der Waals surface area contributed by atoms with Crippen LogP contribution in [-0.4, -0.2) is 22.0 Å². The van der Waals surface area contributed by atoms with Crippen LogP contribution in [0.3, 0.4) is 0 Å². The van der Waals surface area contributed by atoms with Crippen molar-refractivity contribution in [3.05, 3.63) is 70.4 Å². The van der Waals surface area contributed by atoms with Crippen LogP contribution in [0.4, 0.5) is 10.1 Å². The maximum absolute atomic E-state index is 14.2. The molecule has 1 saturated heterocycles. The van der Waals surface area contributed by atoms with Crippen LogP contribution in [0.2, 0.25) is 0 Å². The Labute approximate surface area is 169 Å².